The number of ether oxygens (including phenoxy) is 1. The molecule has 1 fully saturated rings. The monoisotopic (exact) mass is 276 g/mol. The molecule has 1 rings (SSSR count). The van der Waals surface area contributed by atoms with E-state index in [9.17, 15) is 4.79 Å². The van der Waals surface area contributed by atoms with Crippen LogP contribution in [-0.4, -0.2) is 40.9 Å². The Kier molecular flexibility index (Phi) is 4.23. The maximum Gasteiger partial charge on any atom is 0.337 e. The fourth-order valence-electron chi connectivity index (χ4n) is 1.76. The fraction of sp³-hybridized carbons (Fsp3) is 0.909. The Bertz CT molecular complexity index is 293. The van der Waals surface area contributed by atoms with Crippen molar-refractivity contribution in [3.05, 3.63) is 0 Å². The van der Waals surface area contributed by atoms with Crippen molar-refractivity contribution in [3.8, 4) is 0 Å². The van der Waals surface area contributed by atoms with Crippen LogP contribution in [0.5, 0.6) is 0 Å². The van der Waals surface area contributed by atoms with Crippen molar-refractivity contribution in [2.75, 3.05) is 0 Å². The Morgan fingerprint density at radius 3 is 1.88 bits per heavy atom. The molecule has 3 atom stereocenters. The van der Waals surface area contributed by atoms with Crippen LogP contribution in [0.1, 0.15) is 6.92 Å². The van der Waals surface area contributed by atoms with Gasteiger partial charge in [0.1, 0.15) is 12.2 Å². The van der Waals surface area contributed by atoms with Crippen LogP contribution in [0, 0.1) is 0 Å². The zero-order valence-electron chi connectivity index (χ0n) is 11.9. The quantitative estimate of drug-likeness (QED) is 0.584. The van der Waals surface area contributed by atoms with Gasteiger partial charge < -0.3 is 13.6 Å². The summed E-state index contributed by atoms with van der Waals surface area (Å²) in [5.74, 6) is -0.275. The average molecular weight is 276 g/mol. The summed E-state index contributed by atoms with van der Waals surface area (Å²) >= 11 is 0. The number of rotatable bonds is 4. The molecule has 0 bridgehead atoms. The third-order valence-corrected chi connectivity index (χ3v) is 4.21. The van der Waals surface area contributed by atoms with E-state index < -0.39 is 22.7 Å². The van der Waals surface area contributed by atoms with Crippen LogP contribution in [0.3, 0.4) is 0 Å². The van der Waals surface area contributed by atoms with E-state index in [4.69, 9.17) is 13.6 Å². The lowest BCUT2D eigenvalue weighted by atomic mass is 10.2. The standard InChI is InChI=1S/C11H24O4Si2/c1-8-9(14-16(2,3)4)10(11(12)13-8)15-17(5,6)7/h8-10H,1-7H3. The van der Waals surface area contributed by atoms with E-state index >= 15 is 0 Å². The van der Waals surface area contributed by atoms with Gasteiger partial charge in [0.15, 0.2) is 22.7 Å². The number of cyclic esters (lactones) is 1. The summed E-state index contributed by atoms with van der Waals surface area (Å²) in [7, 11) is -3.48. The molecule has 3 unspecified atom stereocenters. The van der Waals surface area contributed by atoms with Gasteiger partial charge in [-0.05, 0) is 46.2 Å². The summed E-state index contributed by atoms with van der Waals surface area (Å²) in [4.78, 5) is 11.8. The van der Waals surface area contributed by atoms with E-state index in [2.05, 4.69) is 39.3 Å². The molecular weight excluding hydrogens is 252 g/mol. The first-order valence-electron chi connectivity index (χ1n) is 6.06. The highest BCUT2D eigenvalue weighted by Gasteiger charge is 2.47. The largest absolute Gasteiger partial charge is 0.458 e. The summed E-state index contributed by atoms with van der Waals surface area (Å²) in [6.07, 6.45) is -1.00. The molecule has 0 aromatic rings. The zero-order chi connectivity index (χ0) is 13.4. The summed E-state index contributed by atoms with van der Waals surface area (Å²) in [6.45, 7) is 14.4. The Balaban J connectivity index is 2.80. The summed E-state index contributed by atoms with van der Waals surface area (Å²) in [6, 6.07) is 0. The lowest BCUT2D eigenvalue weighted by Gasteiger charge is -2.30. The van der Waals surface area contributed by atoms with E-state index in [0.29, 0.717) is 0 Å². The van der Waals surface area contributed by atoms with Gasteiger partial charge in [-0.2, -0.15) is 0 Å². The molecule has 4 nitrogen and oxygen atoms in total. The molecule has 0 N–H and O–H groups in total. The van der Waals surface area contributed by atoms with Crippen molar-refractivity contribution >= 4 is 22.6 Å². The molecular formula is C11H24O4Si2. The van der Waals surface area contributed by atoms with Gasteiger partial charge in [0.25, 0.3) is 0 Å². The Labute approximate surface area is 106 Å². The lowest BCUT2D eigenvalue weighted by molar-refractivity contribution is -0.146. The molecule has 1 aliphatic heterocycles. The first kappa shape index (κ1) is 14.9. The van der Waals surface area contributed by atoms with Crippen molar-refractivity contribution in [1.82, 2.24) is 0 Å². The van der Waals surface area contributed by atoms with Gasteiger partial charge >= 0.3 is 5.97 Å². The van der Waals surface area contributed by atoms with Gasteiger partial charge in [0.2, 0.25) is 0 Å². The van der Waals surface area contributed by atoms with E-state index in [1.165, 1.54) is 0 Å². The van der Waals surface area contributed by atoms with Crippen molar-refractivity contribution in [3.63, 3.8) is 0 Å². The molecule has 100 valence electrons. The van der Waals surface area contributed by atoms with Crippen LogP contribution in [0.15, 0.2) is 0 Å². The maximum absolute atomic E-state index is 11.8. The minimum Gasteiger partial charge on any atom is -0.458 e. The predicted octanol–water partition coefficient (Wildman–Crippen LogP) is 2.37. The second kappa shape index (κ2) is 4.83. The third-order valence-electron chi connectivity index (χ3n) is 2.27. The van der Waals surface area contributed by atoms with E-state index in [1.807, 2.05) is 6.92 Å². The average Bonchev–Trinajstić information content (AvgIpc) is 2.27. The summed E-state index contributed by atoms with van der Waals surface area (Å²) in [5.41, 5.74) is 0. The molecule has 17 heavy (non-hydrogen) atoms. The van der Waals surface area contributed by atoms with Gasteiger partial charge in [0, 0.05) is 0 Å². The second-order valence-corrected chi connectivity index (χ2v) is 15.4. The number of hydrogen-bond donors (Lipinski definition) is 0. The van der Waals surface area contributed by atoms with Gasteiger partial charge in [-0.15, -0.1) is 0 Å². The Hall–Kier alpha value is -0.176. The molecule has 1 aliphatic rings. The first-order valence-corrected chi connectivity index (χ1v) is 12.9. The molecule has 0 radical (unpaired) electrons. The summed E-state index contributed by atoms with van der Waals surface area (Å²) < 4.78 is 17.2. The normalized spacial score (nSPS) is 30.5. The van der Waals surface area contributed by atoms with Crippen LogP contribution in [0.2, 0.25) is 39.3 Å². The topological polar surface area (TPSA) is 44.8 Å². The van der Waals surface area contributed by atoms with Crippen LogP contribution in [0.25, 0.3) is 0 Å². The van der Waals surface area contributed by atoms with Crippen LogP contribution < -0.4 is 0 Å². The molecule has 0 saturated carbocycles. The number of hydrogen-bond acceptors (Lipinski definition) is 4. The first-order chi connectivity index (χ1) is 7.49. The summed E-state index contributed by atoms with van der Waals surface area (Å²) in [5, 5.41) is 0. The molecule has 0 spiro atoms. The predicted molar refractivity (Wildman–Crippen MR) is 72.0 cm³/mol. The zero-order valence-corrected chi connectivity index (χ0v) is 13.9. The lowest BCUT2D eigenvalue weighted by Crippen LogP contribution is -2.46. The molecule has 6 heteroatoms. The SMILES string of the molecule is CC1OC(=O)C(O[Si](C)(C)C)C1O[Si](C)(C)C. The van der Waals surface area contributed by atoms with Gasteiger partial charge in [0.05, 0.1) is 0 Å². The number of carbonyl (C=O) groups is 1. The van der Waals surface area contributed by atoms with E-state index in [-0.39, 0.29) is 18.2 Å². The molecule has 0 aliphatic carbocycles. The smallest absolute Gasteiger partial charge is 0.337 e. The van der Waals surface area contributed by atoms with Gasteiger partial charge in [-0.25, -0.2) is 4.79 Å². The Morgan fingerprint density at radius 2 is 1.47 bits per heavy atom. The van der Waals surface area contributed by atoms with Crippen molar-refractivity contribution in [2.45, 2.75) is 64.5 Å². The third kappa shape index (κ3) is 4.53. The maximum atomic E-state index is 11.8. The molecule has 1 saturated heterocycles. The second-order valence-electron chi connectivity index (χ2n) is 6.49. The van der Waals surface area contributed by atoms with Crippen LogP contribution in [-0.2, 0) is 18.4 Å². The highest BCUT2D eigenvalue weighted by Crippen LogP contribution is 2.27. The molecule has 0 aromatic carbocycles. The Morgan fingerprint density at radius 1 is 1.00 bits per heavy atom. The van der Waals surface area contributed by atoms with Crippen molar-refractivity contribution < 1.29 is 18.4 Å². The molecule has 0 aromatic heterocycles. The number of carbonyl (C=O) groups excluding carboxylic acids is 1. The van der Waals surface area contributed by atoms with Crippen molar-refractivity contribution in [2.24, 2.45) is 0 Å². The van der Waals surface area contributed by atoms with E-state index in [0.717, 1.165) is 0 Å². The van der Waals surface area contributed by atoms with Crippen LogP contribution in [0.4, 0.5) is 0 Å². The fourth-order valence-corrected chi connectivity index (χ4v) is 3.88. The van der Waals surface area contributed by atoms with E-state index in [1.54, 1.807) is 0 Å². The molecule has 1 heterocycles. The highest BCUT2D eigenvalue weighted by atomic mass is 28.4. The molecule has 0 amide bonds. The van der Waals surface area contributed by atoms with Crippen molar-refractivity contribution in [1.29, 1.82) is 0 Å². The minimum absolute atomic E-state index is 0.212. The minimum atomic E-state index is -1.78. The number of esters is 1. The van der Waals surface area contributed by atoms with Crippen LogP contribution >= 0.6 is 0 Å². The van der Waals surface area contributed by atoms with Gasteiger partial charge in [-0.1, -0.05) is 0 Å². The van der Waals surface area contributed by atoms with Gasteiger partial charge in [-0.3, -0.25) is 0 Å². The highest BCUT2D eigenvalue weighted by molar-refractivity contribution is 6.70.